The van der Waals surface area contributed by atoms with Gasteiger partial charge in [0.05, 0.1) is 11.1 Å². The summed E-state index contributed by atoms with van der Waals surface area (Å²) in [7, 11) is -3.72. The van der Waals surface area contributed by atoms with Crippen LogP contribution in [0, 0.1) is 0 Å². The Morgan fingerprint density at radius 3 is 2.61 bits per heavy atom. The maximum absolute atomic E-state index is 12.0. The van der Waals surface area contributed by atoms with Crippen molar-refractivity contribution in [2.45, 2.75) is 36.7 Å². The molecule has 0 spiro atoms. The van der Waals surface area contributed by atoms with Crippen LogP contribution < -0.4 is 4.89 Å². The van der Waals surface area contributed by atoms with E-state index < -0.39 is 10.0 Å². The van der Waals surface area contributed by atoms with Gasteiger partial charge in [0.2, 0.25) is 0 Å². The molecule has 18 heavy (non-hydrogen) atoms. The number of benzene rings is 1. The van der Waals surface area contributed by atoms with E-state index in [1.807, 2.05) is 0 Å². The van der Waals surface area contributed by atoms with E-state index in [2.05, 4.69) is 20.8 Å². The fourth-order valence-electron chi connectivity index (χ4n) is 1.88. The molecule has 1 saturated carbocycles. The molecule has 0 aliphatic heterocycles. The molecule has 0 atom stereocenters. The molecule has 0 unspecified atom stereocenters. The molecule has 2 rings (SSSR count). The molecular weight excluding hydrogens is 342 g/mol. The molecule has 0 saturated heterocycles. The summed E-state index contributed by atoms with van der Waals surface area (Å²) >= 11 is 9.13. The molecule has 1 N–H and O–H groups in total. The van der Waals surface area contributed by atoms with Crippen LogP contribution >= 0.6 is 27.5 Å². The van der Waals surface area contributed by atoms with Crippen LogP contribution in [0.15, 0.2) is 27.6 Å². The van der Waals surface area contributed by atoms with Gasteiger partial charge in [-0.2, -0.15) is 0 Å². The van der Waals surface area contributed by atoms with Crippen LogP contribution in [0.1, 0.15) is 25.7 Å². The molecule has 1 aliphatic carbocycles. The van der Waals surface area contributed by atoms with Crippen LogP contribution in [0.2, 0.25) is 5.02 Å². The predicted octanol–water partition coefficient (Wildman–Crippen LogP) is 3.26. The Kier molecular flexibility index (Phi) is 4.66. The Balaban J connectivity index is 2.09. The van der Waals surface area contributed by atoms with Crippen molar-refractivity contribution in [3.05, 3.63) is 27.7 Å². The van der Waals surface area contributed by atoms with Gasteiger partial charge in [-0.25, -0.2) is 8.42 Å². The van der Waals surface area contributed by atoms with Gasteiger partial charge in [0.25, 0.3) is 10.0 Å². The largest absolute Gasteiger partial charge is 0.284 e. The lowest BCUT2D eigenvalue weighted by atomic mass is 10.3. The maximum Gasteiger partial charge on any atom is 0.263 e. The summed E-state index contributed by atoms with van der Waals surface area (Å²) in [6.07, 6.45) is 3.89. The SMILES string of the molecule is O=S(=O)(NOC1CCCC1)c1ccc(Br)cc1Cl. The number of hydrogen-bond donors (Lipinski definition) is 1. The first-order valence-electron chi connectivity index (χ1n) is 5.61. The van der Waals surface area contributed by atoms with E-state index in [1.54, 1.807) is 6.07 Å². The van der Waals surface area contributed by atoms with Crippen molar-refractivity contribution in [2.24, 2.45) is 0 Å². The summed E-state index contributed by atoms with van der Waals surface area (Å²) in [5.74, 6) is 0. The lowest BCUT2D eigenvalue weighted by Crippen LogP contribution is -2.28. The van der Waals surface area contributed by atoms with Crippen LogP contribution in [-0.4, -0.2) is 14.5 Å². The minimum Gasteiger partial charge on any atom is -0.284 e. The average molecular weight is 355 g/mol. The highest BCUT2D eigenvalue weighted by molar-refractivity contribution is 9.10. The van der Waals surface area contributed by atoms with E-state index in [-0.39, 0.29) is 16.0 Å². The molecule has 0 radical (unpaired) electrons. The number of nitrogens with one attached hydrogen (secondary N) is 1. The first-order chi connectivity index (χ1) is 8.49. The Hall–Kier alpha value is -0.140. The smallest absolute Gasteiger partial charge is 0.263 e. The van der Waals surface area contributed by atoms with E-state index in [0.29, 0.717) is 0 Å². The molecule has 4 nitrogen and oxygen atoms in total. The van der Waals surface area contributed by atoms with E-state index in [9.17, 15) is 8.42 Å². The first kappa shape index (κ1) is 14.3. The van der Waals surface area contributed by atoms with Crippen LogP contribution in [-0.2, 0) is 14.9 Å². The number of hydrogen-bond acceptors (Lipinski definition) is 3. The second kappa shape index (κ2) is 5.88. The van der Waals surface area contributed by atoms with E-state index in [0.717, 1.165) is 30.2 Å². The first-order valence-corrected chi connectivity index (χ1v) is 8.27. The zero-order valence-corrected chi connectivity index (χ0v) is 12.7. The molecule has 7 heteroatoms. The number of rotatable bonds is 4. The molecule has 1 aromatic rings. The minimum absolute atomic E-state index is 0.0189. The van der Waals surface area contributed by atoms with Gasteiger partial charge in [-0.05, 0) is 31.0 Å². The number of halogens is 2. The summed E-state index contributed by atoms with van der Waals surface area (Å²) in [4.78, 5) is 7.37. The Bertz CT molecular complexity index is 529. The lowest BCUT2D eigenvalue weighted by molar-refractivity contribution is 0.0223. The molecule has 0 aromatic heterocycles. The van der Waals surface area contributed by atoms with E-state index in [4.69, 9.17) is 16.4 Å². The highest BCUT2D eigenvalue weighted by Gasteiger charge is 2.22. The van der Waals surface area contributed by atoms with Gasteiger partial charge in [-0.3, -0.25) is 4.84 Å². The molecule has 0 bridgehead atoms. The van der Waals surface area contributed by atoms with Crippen LogP contribution in [0.25, 0.3) is 0 Å². The molecule has 0 amide bonds. The van der Waals surface area contributed by atoms with Gasteiger partial charge in [0.15, 0.2) is 0 Å². The van der Waals surface area contributed by atoms with Crippen molar-refractivity contribution in [1.29, 1.82) is 0 Å². The zero-order valence-electron chi connectivity index (χ0n) is 9.53. The molecule has 100 valence electrons. The maximum atomic E-state index is 12.0. The molecule has 1 aromatic carbocycles. The lowest BCUT2D eigenvalue weighted by Gasteiger charge is -2.12. The van der Waals surface area contributed by atoms with Crippen molar-refractivity contribution in [3.63, 3.8) is 0 Å². The number of sulfonamides is 1. The zero-order chi connectivity index (χ0) is 13.2. The summed E-state index contributed by atoms with van der Waals surface area (Å²) in [5.41, 5.74) is 0. The Morgan fingerprint density at radius 1 is 1.33 bits per heavy atom. The Morgan fingerprint density at radius 2 is 2.00 bits per heavy atom. The topological polar surface area (TPSA) is 55.4 Å². The molecule has 1 fully saturated rings. The highest BCUT2D eigenvalue weighted by atomic mass is 79.9. The van der Waals surface area contributed by atoms with Gasteiger partial charge in [0.1, 0.15) is 4.90 Å². The fraction of sp³-hybridized carbons (Fsp3) is 0.455. The van der Waals surface area contributed by atoms with Gasteiger partial charge < -0.3 is 0 Å². The Labute approximate surface area is 120 Å². The molecule has 0 heterocycles. The van der Waals surface area contributed by atoms with Crippen molar-refractivity contribution in [2.75, 3.05) is 0 Å². The van der Waals surface area contributed by atoms with Crippen molar-refractivity contribution in [3.8, 4) is 0 Å². The van der Waals surface area contributed by atoms with Crippen molar-refractivity contribution < 1.29 is 13.3 Å². The van der Waals surface area contributed by atoms with Crippen molar-refractivity contribution in [1.82, 2.24) is 4.89 Å². The molecular formula is C11H13BrClNO3S. The van der Waals surface area contributed by atoms with E-state index >= 15 is 0 Å². The van der Waals surface area contributed by atoms with Gasteiger partial charge in [0, 0.05) is 4.47 Å². The monoisotopic (exact) mass is 353 g/mol. The van der Waals surface area contributed by atoms with Crippen molar-refractivity contribution >= 4 is 37.6 Å². The third-order valence-electron chi connectivity index (χ3n) is 2.81. The van der Waals surface area contributed by atoms with Crippen LogP contribution in [0.4, 0.5) is 0 Å². The average Bonchev–Trinajstić information content (AvgIpc) is 2.78. The quantitative estimate of drug-likeness (QED) is 0.844. The molecule has 1 aliphatic rings. The standard InChI is InChI=1S/C11H13BrClNO3S/c12-8-5-6-11(10(13)7-8)18(15,16)14-17-9-3-1-2-4-9/h5-7,9,14H,1-4H2. The normalized spacial score (nSPS) is 17.2. The van der Waals surface area contributed by atoms with Gasteiger partial charge >= 0.3 is 0 Å². The van der Waals surface area contributed by atoms with Gasteiger partial charge in [-0.15, -0.1) is 0 Å². The summed E-state index contributed by atoms with van der Waals surface area (Å²) < 4.78 is 24.7. The summed E-state index contributed by atoms with van der Waals surface area (Å²) in [6, 6.07) is 4.59. The van der Waals surface area contributed by atoms with Gasteiger partial charge in [-0.1, -0.05) is 45.3 Å². The second-order valence-corrected chi connectivity index (χ2v) is 7.12. The fourth-order valence-corrected chi connectivity index (χ4v) is 3.77. The predicted molar refractivity (Wildman–Crippen MR) is 72.8 cm³/mol. The van der Waals surface area contributed by atoms with Crippen LogP contribution in [0.5, 0.6) is 0 Å². The third-order valence-corrected chi connectivity index (χ3v) is 4.98. The van der Waals surface area contributed by atoms with E-state index in [1.165, 1.54) is 12.1 Å². The highest BCUT2D eigenvalue weighted by Crippen LogP contribution is 2.26. The minimum atomic E-state index is -3.72. The second-order valence-electron chi connectivity index (χ2n) is 4.19. The summed E-state index contributed by atoms with van der Waals surface area (Å²) in [6.45, 7) is 0. The summed E-state index contributed by atoms with van der Waals surface area (Å²) in [5, 5.41) is 0.159. The third kappa shape index (κ3) is 3.45. The van der Waals surface area contributed by atoms with Crippen LogP contribution in [0.3, 0.4) is 0 Å².